The van der Waals surface area contributed by atoms with E-state index in [4.69, 9.17) is 4.52 Å². The summed E-state index contributed by atoms with van der Waals surface area (Å²) in [6.07, 6.45) is 0. The topological polar surface area (TPSA) is 46.5 Å². The molecule has 0 spiro atoms. The van der Waals surface area contributed by atoms with Crippen LogP contribution in [0.4, 0.5) is 0 Å². The summed E-state index contributed by atoms with van der Waals surface area (Å²) in [5.74, 6) is -1.14. The third-order valence-corrected chi connectivity index (χ3v) is 5.46. The van der Waals surface area contributed by atoms with Crippen LogP contribution >= 0.6 is 7.37 Å². The first kappa shape index (κ1) is 14.0. The van der Waals surface area contributed by atoms with Crippen molar-refractivity contribution >= 4 is 12.7 Å². The van der Waals surface area contributed by atoms with Gasteiger partial charge in [-0.2, -0.15) is 0 Å². The normalized spacial score (nSPS) is 15.7. The monoisotopic (exact) mass is 276 g/mol. The van der Waals surface area contributed by atoms with E-state index in [1.807, 2.05) is 12.1 Å². The Morgan fingerprint density at radius 3 is 2.11 bits per heavy atom. The van der Waals surface area contributed by atoms with Gasteiger partial charge in [0.05, 0.1) is 6.61 Å². The van der Waals surface area contributed by atoms with Crippen molar-refractivity contribution in [3.8, 4) is 0 Å². The SMILES string of the molecule is CCOP(=O)(c1ccccc1)C(O)c1ccccc1. The summed E-state index contributed by atoms with van der Waals surface area (Å²) in [5, 5.41) is 11.0. The maximum atomic E-state index is 13.0. The van der Waals surface area contributed by atoms with E-state index in [0.717, 1.165) is 0 Å². The summed E-state index contributed by atoms with van der Waals surface area (Å²) in [5.41, 5.74) is 0.600. The highest BCUT2D eigenvalue weighted by Gasteiger charge is 2.35. The average Bonchev–Trinajstić information content (AvgIpc) is 2.48. The van der Waals surface area contributed by atoms with Crippen molar-refractivity contribution in [2.75, 3.05) is 6.61 Å². The summed E-state index contributed by atoms with van der Waals surface area (Å²) >= 11 is 0. The smallest absolute Gasteiger partial charge is 0.264 e. The number of hydrogen-bond donors (Lipinski definition) is 1. The van der Waals surface area contributed by atoms with E-state index in [1.54, 1.807) is 55.5 Å². The summed E-state index contributed by atoms with van der Waals surface area (Å²) in [6, 6.07) is 17.8. The van der Waals surface area contributed by atoms with Gasteiger partial charge in [0.1, 0.15) is 0 Å². The molecule has 2 aromatic carbocycles. The minimum atomic E-state index is -3.33. The van der Waals surface area contributed by atoms with Gasteiger partial charge in [-0.05, 0) is 24.6 Å². The third-order valence-electron chi connectivity index (χ3n) is 2.86. The van der Waals surface area contributed by atoms with Crippen molar-refractivity contribution in [2.45, 2.75) is 12.8 Å². The van der Waals surface area contributed by atoms with Crippen LogP contribution < -0.4 is 5.30 Å². The molecule has 0 aliphatic heterocycles. The van der Waals surface area contributed by atoms with Crippen LogP contribution in [-0.2, 0) is 9.09 Å². The molecular formula is C15H17O3P. The molecule has 0 radical (unpaired) electrons. The molecule has 100 valence electrons. The zero-order valence-corrected chi connectivity index (χ0v) is 11.7. The molecule has 0 aliphatic rings. The molecular weight excluding hydrogens is 259 g/mol. The standard InChI is InChI=1S/C15H17O3P/c1-2-18-19(17,14-11-7-4-8-12-14)15(16)13-9-5-3-6-10-13/h3-12,15-16H,2H2,1H3. The van der Waals surface area contributed by atoms with E-state index in [1.165, 1.54) is 0 Å². The number of rotatable bonds is 5. The Balaban J connectivity index is 2.43. The lowest BCUT2D eigenvalue weighted by Gasteiger charge is -2.23. The average molecular weight is 276 g/mol. The minimum Gasteiger partial charge on any atom is -0.378 e. The summed E-state index contributed by atoms with van der Waals surface area (Å²) in [7, 11) is -3.33. The molecule has 2 aromatic rings. The maximum absolute atomic E-state index is 13.0. The second-order valence-corrected chi connectivity index (χ2v) is 6.59. The van der Waals surface area contributed by atoms with Crippen molar-refractivity contribution in [1.82, 2.24) is 0 Å². The van der Waals surface area contributed by atoms with Gasteiger partial charge < -0.3 is 9.63 Å². The van der Waals surface area contributed by atoms with Crippen molar-refractivity contribution < 1.29 is 14.2 Å². The summed E-state index contributed by atoms with van der Waals surface area (Å²) < 4.78 is 18.5. The Morgan fingerprint density at radius 1 is 1.05 bits per heavy atom. The predicted octanol–water partition coefficient (Wildman–Crippen LogP) is 3.32. The van der Waals surface area contributed by atoms with Crippen LogP contribution in [-0.4, -0.2) is 11.7 Å². The molecule has 2 rings (SSSR count). The quantitative estimate of drug-likeness (QED) is 0.852. The van der Waals surface area contributed by atoms with Gasteiger partial charge in [0.2, 0.25) is 0 Å². The van der Waals surface area contributed by atoms with Crippen molar-refractivity contribution in [2.24, 2.45) is 0 Å². The second-order valence-electron chi connectivity index (χ2n) is 4.13. The first-order valence-electron chi connectivity index (χ1n) is 6.21. The van der Waals surface area contributed by atoms with E-state index in [2.05, 4.69) is 0 Å². The van der Waals surface area contributed by atoms with Crippen molar-refractivity contribution in [1.29, 1.82) is 0 Å². The number of benzene rings is 2. The second kappa shape index (κ2) is 6.16. The zero-order chi connectivity index (χ0) is 13.7. The molecule has 0 amide bonds. The van der Waals surface area contributed by atoms with E-state index in [0.29, 0.717) is 10.9 Å². The zero-order valence-electron chi connectivity index (χ0n) is 10.8. The molecule has 0 aliphatic carbocycles. The van der Waals surface area contributed by atoms with Crippen molar-refractivity contribution in [3.05, 3.63) is 66.2 Å². The molecule has 0 fully saturated rings. The highest BCUT2D eigenvalue weighted by atomic mass is 31.2. The van der Waals surface area contributed by atoms with E-state index >= 15 is 0 Å². The van der Waals surface area contributed by atoms with Crippen LogP contribution in [0.5, 0.6) is 0 Å². The largest absolute Gasteiger partial charge is 0.378 e. The van der Waals surface area contributed by atoms with Crippen LogP contribution in [0, 0.1) is 0 Å². The molecule has 2 atom stereocenters. The highest BCUT2D eigenvalue weighted by molar-refractivity contribution is 7.67. The Kier molecular flexibility index (Phi) is 4.54. The molecule has 0 saturated carbocycles. The van der Waals surface area contributed by atoms with Crippen LogP contribution in [0.1, 0.15) is 18.3 Å². The van der Waals surface area contributed by atoms with Crippen LogP contribution in [0.15, 0.2) is 60.7 Å². The fourth-order valence-corrected chi connectivity index (χ4v) is 4.04. The Hall–Kier alpha value is -1.41. The molecule has 3 nitrogen and oxygen atoms in total. The first-order valence-corrected chi connectivity index (χ1v) is 7.90. The van der Waals surface area contributed by atoms with Gasteiger partial charge in [0.15, 0.2) is 5.85 Å². The highest BCUT2D eigenvalue weighted by Crippen LogP contribution is 2.57. The Labute approximate surface area is 113 Å². The molecule has 0 bridgehead atoms. The van der Waals surface area contributed by atoms with Gasteiger partial charge in [0, 0.05) is 5.30 Å². The van der Waals surface area contributed by atoms with Gasteiger partial charge in [-0.25, -0.2) is 0 Å². The fourth-order valence-electron chi connectivity index (χ4n) is 1.94. The molecule has 2 unspecified atom stereocenters. The Bertz CT molecular complexity index is 554. The van der Waals surface area contributed by atoms with Gasteiger partial charge in [-0.3, -0.25) is 4.57 Å². The lowest BCUT2D eigenvalue weighted by molar-refractivity contribution is 0.218. The van der Waals surface area contributed by atoms with Crippen LogP contribution in [0.2, 0.25) is 0 Å². The Morgan fingerprint density at radius 2 is 1.58 bits per heavy atom. The molecule has 4 heteroatoms. The molecule has 19 heavy (non-hydrogen) atoms. The van der Waals surface area contributed by atoms with Gasteiger partial charge >= 0.3 is 0 Å². The number of hydrogen-bond acceptors (Lipinski definition) is 3. The maximum Gasteiger partial charge on any atom is 0.264 e. The fraction of sp³-hybridized carbons (Fsp3) is 0.200. The van der Waals surface area contributed by atoms with Gasteiger partial charge in [0.25, 0.3) is 7.37 Å². The van der Waals surface area contributed by atoms with Crippen molar-refractivity contribution in [3.63, 3.8) is 0 Å². The molecule has 0 aromatic heterocycles. The van der Waals surface area contributed by atoms with E-state index in [-0.39, 0.29) is 6.61 Å². The van der Waals surface area contributed by atoms with Gasteiger partial charge in [-0.15, -0.1) is 0 Å². The third kappa shape index (κ3) is 2.95. The summed E-state index contributed by atoms with van der Waals surface area (Å²) in [6.45, 7) is 2.06. The van der Waals surface area contributed by atoms with Gasteiger partial charge in [-0.1, -0.05) is 48.5 Å². The number of aliphatic hydroxyl groups is 1. The summed E-state index contributed by atoms with van der Waals surface area (Å²) in [4.78, 5) is 0. The van der Waals surface area contributed by atoms with E-state index in [9.17, 15) is 9.67 Å². The lowest BCUT2D eigenvalue weighted by Crippen LogP contribution is -2.14. The minimum absolute atomic E-state index is 0.288. The first-order chi connectivity index (χ1) is 9.18. The molecule has 0 heterocycles. The number of aliphatic hydroxyl groups excluding tert-OH is 1. The van der Waals surface area contributed by atoms with E-state index < -0.39 is 13.2 Å². The molecule has 0 saturated heterocycles. The van der Waals surface area contributed by atoms with Crippen LogP contribution in [0.25, 0.3) is 0 Å². The molecule has 1 N–H and O–H groups in total. The predicted molar refractivity (Wildman–Crippen MR) is 76.7 cm³/mol. The van der Waals surface area contributed by atoms with Crippen LogP contribution in [0.3, 0.4) is 0 Å². The lowest BCUT2D eigenvalue weighted by atomic mass is 10.2.